The van der Waals surface area contributed by atoms with E-state index in [2.05, 4.69) is 151 Å². The van der Waals surface area contributed by atoms with Crippen LogP contribution in [0.15, 0.2) is 146 Å². The van der Waals surface area contributed by atoms with Crippen LogP contribution in [-0.4, -0.2) is 19.9 Å². The monoisotopic (exact) mass is 650 g/mol. The maximum absolute atomic E-state index is 5.00. The Hall–Kier alpha value is -5.74. The largest absolute Gasteiger partial charge is 0.255 e. The van der Waals surface area contributed by atoms with E-state index < -0.39 is 0 Å². The fraction of sp³-hybridized carbons (Fsp3) is 0.174. The average molecular weight is 651 g/mol. The van der Waals surface area contributed by atoms with Crippen molar-refractivity contribution in [2.24, 2.45) is 0 Å². The number of hydrogen-bond acceptors (Lipinski definition) is 4. The fourth-order valence-electron chi connectivity index (χ4n) is 6.02. The molecule has 2 heterocycles. The molecular formula is C46H42N4. The molecule has 0 saturated heterocycles. The van der Waals surface area contributed by atoms with E-state index in [4.69, 9.17) is 19.9 Å². The van der Waals surface area contributed by atoms with Crippen molar-refractivity contribution in [3.05, 3.63) is 157 Å². The lowest BCUT2D eigenvalue weighted by Gasteiger charge is -2.19. The van der Waals surface area contributed by atoms with Crippen molar-refractivity contribution >= 4 is 0 Å². The quantitative estimate of drug-likeness (QED) is 0.180. The Balaban J connectivity index is 1.24. The van der Waals surface area contributed by atoms with E-state index in [0.29, 0.717) is 17.5 Å². The Morgan fingerprint density at radius 2 is 0.660 bits per heavy atom. The normalized spacial score (nSPS) is 11.8. The number of hydrogen-bond donors (Lipinski definition) is 0. The Morgan fingerprint density at radius 1 is 0.320 bits per heavy atom. The molecule has 0 aliphatic rings. The van der Waals surface area contributed by atoms with Gasteiger partial charge in [-0.05, 0) is 56.3 Å². The lowest BCUT2D eigenvalue weighted by molar-refractivity contribution is 0.590. The van der Waals surface area contributed by atoms with Crippen molar-refractivity contribution in [1.29, 1.82) is 0 Å². The van der Waals surface area contributed by atoms with Crippen molar-refractivity contribution < 1.29 is 0 Å². The molecule has 0 unspecified atom stereocenters. The highest BCUT2D eigenvalue weighted by Gasteiger charge is 2.16. The average Bonchev–Trinajstić information content (AvgIpc) is 3.15. The third-order valence-corrected chi connectivity index (χ3v) is 9.18. The summed E-state index contributed by atoms with van der Waals surface area (Å²) in [5.41, 5.74) is 12.2. The molecule has 5 aromatic carbocycles. The first-order valence-electron chi connectivity index (χ1n) is 17.2. The molecule has 4 heteroatoms. The van der Waals surface area contributed by atoms with Gasteiger partial charge in [-0.25, -0.2) is 15.0 Å². The smallest absolute Gasteiger partial charge is 0.165 e. The zero-order chi connectivity index (χ0) is 34.9. The van der Waals surface area contributed by atoms with E-state index >= 15 is 0 Å². The highest BCUT2D eigenvalue weighted by molar-refractivity contribution is 5.73. The molecule has 0 fully saturated rings. The molecule has 50 heavy (non-hydrogen) atoms. The van der Waals surface area contributed by atoms with Gasteiger partial charge in [0, 0.05) is 28.5 Å². The summed E-state index contributed by atoms with van der Waals surface area (Å²) in [6.07, 6.45) is 1.85. The summed E-state index contributed by atoms with van der Waals surface area (Å²) in [6.45, 7) is 13.4. The fourth-order valence-corrected chi connectivity index (χ4v) is 6.02. The van der Waals surface area contributed by atoms with E-state index in [-0.39, 0.29) is 10.8 Å². The van der Waals surface area contributed by atoms with Gasteiger partial charge in [0.05, 0.1) is 5.69 Å². The molecule has 0 N–H and O–H groups in total. The minimum atomic E-state index is 0.117. The summed E-state index contributed by atoms with van der Waals surface area (Å²) in [6, 6.07) is 48.8. The van der Waals surface area contributed by atoms with Crippen LogP contribution in [0, 0.1) is 0 Å². The Labute approximate surface area is 296 Å². The topological polar surface area (TPSA) is 51.6 Å². The third kappa shape index (κ3) is 7.16. The van der Waals surface area contributed by atoms with E-state index in [1.807, 2.05) is 36.5 Å². The summed E-state index contributed by atoms with van der Waals surface area (Å²) in [5.74, 6) is 1.82. The van der Waals surface area contributed by atoms with Gasteiger partial charge >= 0.3 is 0 Å². The molecule has 0 radical (unpaired) electrons. The van der Waals surface area contributed by atoms with Crippen molar-refractivity contribution in [3.8, 4) is 67.7 Å². The van der Waals surface area contributed by atoms with E-state index in [0.717, 1.165) is 39.1 Å². The number of aromatic nitrogens is 4. The molecular weight excluding hydrogens is 609 g/mol. The van der Waals surface area contributed by atoms with Crippen LogP contribution in [0.5, 0.6) is 0 Å². The van der Waals surface area contributed by atoms with Gasteiger partial charge in [0.2, 0.25) is 0 Å². The molecule has 0 aliphatic heterocycles. The summed E-state index contributed by atoms with van der Waals surface area (Å²) in [7, 11) is 0. The van der Waals surface area contributed by atoms with Crippen LogP contribution in [0.2, 0.25) is 0 Å². The zero-order valence-corrected chi connectivity index (χ0v) is 29.6. The number of pyridine rings is 1. The molecule has 2 aromatic heterocycles. The molecule has 0 atom stereocenters. The number of benzene rings is 5. The van der Waals surface area contributed by atoms with Crippen LogP contribution in [0.3, 0.4) is 0 Å². The van der Waals surface area contributed by atoms with Crippen molar-refractivity contribution in [2.75, 3.05) is 0 Å². The second kappa shape index (κ2) is 13.3. The van der Waals surface area contributed by atoms with E-state index in [9.17, 15) is 0 Å². The first-order chi connectivity index (χ1) is 24.0. The maximum atomic E-state index is 5.00. The Morgan fingerprint density at radius 3 is 1.02 bits per heavy atom. The zero-order valence-electron chi connectivity index (χ0n) is 29.6. The lowest BCUT2D eigenvalue weighted by Crippen LogP contribution is -2.10. The minimum absolute atomic E-state index is 0.117. The van der Waals surface area contributed by atoms with Gasteiger partial charge in [0.15, 0.2) is 17.5 Å². The maximum Gasteiger partial charge on any atom is 0.165 e. The number of nitrogens with zero attached hydrogens (tertiary/aromatic N) is 4. The summed E-state index contributed by atoms with van der Waals surface area (Å²) >= 11 is 0. The highest BCUT2D eigenvalue weighted by Crippen LogP contribution is 2.31. The Bertz CT molecular complexity index is 2090. The molecule has 0 saturated carbocycles. The van der Waals surface area contributed by atoms with Gasteiger partial charge in [-0.2, -0.15) is 0 Å². The van der Waals surface area contributed by atoms with Crippen LogP contribution in [0.1, 0.15) is 52.7 Å². The first-order valence-corrected chi connectivity index (χ1v) is 17.2. The highest BCUT2D eigenvalue weighted by atomic mass is 15.0. The lowest BCUT2D eigenvalue weighted by atomic mass is 9.86. The van der Waals surface area contributed by atoms with Crippen molar-refractivity contribution in [1.82, 2.24) is 19.9 Å². The van der Waals surface area contributed by atoms with Crippen LogP contribution in [-0.2, 0) is 10.8 Å². The van der Waals surface area contributed by atoms with Crippen LogP contribution in [0.25, 0.3) is 67.7 Å². The number of rotatable bonds is 6. The standard InChI is InChI=1S/C46H42N4/c1-45(2,3)39-25-20-33(21-26-39)31-12-16-36(17-13-31)42-48-43(37-18-14-32(15-19-37)34-22-27-40(28-23-34)46(4,5)6)50-44(49-42)38-24-29-41(47-30-38)35-10-8-7-9-11-35/h7-30H,1-6H3. The van der Waals surface area contributed by atoms with Gasteiger partial charge in [0.1, 0.15) is 0 Å². The molecule has 7 aromatic rings. The predicted molar refractivity (Wildman–Crippen MR) is 208 cm³/mol. The summed E-state index contributed by atoms with van der Waals surface area (Å²) in [5, 5.41) is 0. The first kappa shape index (κ1) is 32.8. The minimum Gasteiger partial charge on any atom is -0.255 e. The van der Waals surface area contributed by atoms with E-state index in [1.54, 1.807) is 0 Å². The summed E-state index contributed by atoms with van der Waals surface area (Å²) < 4.78 is 0. The second-order valence-corrected chi connectivity index (χ2v) is 14.9. The van der Waals surface area contributed by atoms with Gasteiger partial charge in [-0.3, -0.25) is 4.98 Å². The van der Waals surface area contributed by atoms with Gasteiger partial charge in [-0.15, -0.1) is 0 Å². The van der Waals surface area contributed by atoms with Crippen LogP contribution < -0.4 is 0 Å². The van der Waals surface area contributed by atoms with Crippen molar-refractivity contribution in [3.63, 3.8) is 0 Å². The second-order valence-electron chi connectivity index (χ2n) is 14.9. The predicted octanol–water partition coefficient (Wildman–Crippen LogP) is 11.9. The van der Waals surface area contributed by atoms with Gasteiger partial charge < -0.3 is 0 Å². The van der Waals surface area contributed by atoms with Gasteiger partial charge in [-0.1, -0.05) is 169 Å². The van der Waals surface area contributed by atoms with Crippen LogP contribution >= 0.6 is 0 Å². The molecule has 0 spiro atoms. The molecule has 0 amide bonds. The molecule has 246 valence electrons. The summed E-state index contributed by atoms with van der Waals surface area (Å²) in [4.78, 5) is 19.7. The van der Waals surface area contributed by atoms with Crippen molar-refractivity contribution in [2.45, 2.75) is 52.4 Å². The SMILES string of the molecule is CC(C)(C)c1ccc(-c2ccc(-c3nc(-c4ccc(-c5ccc(C(C)(C)C)cc5)cc4)nc(-c4ccc(-c5ccccc5)nc4)n3)cc2)cc1. The molecule has 0 aliphatic carbocycles. The van der Waals surface area contributed by atoms with Gasteiger partial charge in [0.25, 0.3) is 0 Å². The van der Waals surface area contributed by atoms with Crippen LogP contribution in [0.4, 0.5) is 0 Å². The molecule has 4 nitrogen and oxygen atoms in total. The Kier molecular flexibility index (Phi) is 8.71. The third-order valence-electron chi connectivity index (χ3n) is 9.18. The van der Waals surface area contributed by atoms with E-state index in [1.165, 1.54) is 22.3 Å². The molecule has 7 rings (SSSR count). The molecule has 0 bridgehead atoms.